The molecule has 0 aliphatic carbocycles. The van der Waals surface area contributed by atoms with Gasteiger partial charge in [-0.2, -0.15) is 0 Å². The average Bonchev–Trinajstić information content (AvgIpc) is 2.25. The van der Waals surface area contributed by atoms with Crippen LogP contribution in [0, 0.1) is 5.92 Å². The van der Waals surface area contributed by atoms with Gasteiger partial charge < -0.3 is 9.84 Å². The van der Waals surface area contributed by atoms with E-state index in [-0.39, 0.29) is 6.42 Å². The molecule has 0 bridgehead atoms. The Labute approximate surface area is 96.1 Å². The number of rotatable bonds is 6. The molecule has 3 heteroatoms. The van der Waals surface area contributed by atoms with Crippen molar-refractivity contribution in [1.82, 2.24) is 0 Å². The molecule has 1 unspecified atom stereocenters. The van der Waals surface area contributed by atoms with E-state index in [1.165, 1.54) is 0 Å². The number of benzene rings is 1. The summed E-state index contributed by atoms with van der Waals surface area (Å²) in [6, 6.07) is 7.26. The van der Waals surface area contributed by atoms with Gasteiger partial charge in [0.2, 0.25) is 0 Å². The first kappa shape index (κ1) is 12.6. The van der Waals surface area contributed by atoms with Crippen LogP contribution < -0.4 is 4.74 Å². The van der Waals surface area contributed by atoms with Gasteiger partial charge in [0.25, 0.3) is 0 Å². The monoisotopic (exact) mass is 222 g/mol. The fourth-order valence-corrected chi connectivity index (χ4v) is 1.28. The van der Waals surface area contributed by atoms with Gasteiger partial charge in [-0.15, -0.1) is 0 Å². The normalized spacial score (nSPS) is 12.1. The number of hydrogen-bond acceptors (Lipinski definition) is 2. The molecule has 1 aromatic carbocycles. The lowest BCUT2D eigenvalue weighted by atomic mass is 10.1. The van der Waals surface area contributed by atoms with Crippen LogP contribution in [0.4, 0.5) is 0 Å². The lowest BCUT2D eigenvalue weighted by Crippen LogP contribution is -2.07. The number of hydrogen-bond donors (Lipinski definition) is 1. The summed E-state index contributed by atoms with van der Waals surface area (Å²) in [5.74, 6) is 0.446. The van der Waals surface area contributed by atoms with E-state index in [2.05, 4.69) is 13.8 Å². The van der Waals surface area contributed by atoms with Crippen LogP contribution in [0.3, 0.4) is 0 Å². The SMILES string of the molecule is CCC(C)COc1cccc(CC(=O)O)c1. The Hall–Kier alpha value is -1.51. The van der Waals surface area contributed by atoms with Gasteiger partial charge in [0.05, 0.1) is 13.0 Å². The van der Waals surface area contributed by atoms with Crippen LogP contribution in [0.5, 0.6) is 5.75 Å². The molecule has 88 valence electrons. The van der Waals surface area contributed by atoms with E-state index < -0.39 is 5.97 Å². The molecule has 0 spiro atoms. The van der Waals surface area contributed by atoms with Gasteiger partial charge in [0.15, 0.2) is 0 Å². The predicted molar refractivity (Wildman–Crippen MR) is 62.7 cm³/mol. The minimum absolute atomic E-state index is 0.0422. The first-order chi connectivity index (χ1) is 7.61. The lowest BCUT2D eigenvalue weighted by Gasteiger charge is -2.11. The summed E-state index contributed by atoms with van der Waals surface area (Å²) in [5, 5.41) is 8.67. The molecule has 0 amide bonds. The molecule has 1 aromatic rings. The minimum Gasteiger partial charge on any atom is -0.493 e. The van der Waals surface area contributed by atoms with E-state index >= 15 is 0 Å². The number of carboxylic acid groups (broad SMARTS) is 1. The Kier molecular flexibility index (Phi) is 4.83. The minimum atomic E-state index is -0.820. The topological polar surface area (TPSA) is 46.5 Å². The summed E-state index contributed by atoms with van der Waals surface area (Å²) >= 11 is 0. The van der Waals surface area contributed by atoms with Crippen molar-refractivity contribution < 1.29 is 14.6 Å². The zero-order valence-electron chi connectivity index (χ0n) is 9.77. The smallest absolute Gasteiger partial charge is 0.307 e. The van der Waals surface area contributed by atoms with Crippen molar-refractivity contribution >= 4 is 5.97 Å². The second kappa shape index (κ2) is 6.16. The number of carboxylic acids is 1. The molecule has 0 radical (unpaired) electrons. The highest BCUT2D eigenvalue weighted by atomic mass is 16.5. The van der Waals surface area contributed by atoms with Crippen molar-refractivity contribution in [2.75, 3.05) is 6.61 Å². The third-order valence-electron chi connectivity index (χ3n) is 2.49. The van der Waals surface area contributed by atoms with Crippen molar-refractivity contribution in [2.24, 2.45) is 5.92 Å². The lowest BCUT2D eigenvalue weighted by molar-refractivity contribution is -0.136. The molecule has 0 aromatic heterocycles. The largest absolute Gasteiger partial charge is 0.493 e. The maximum absolute atomic E-state index is 10.6. The van der Waals surface area contributed by atoms with E-state index in [1.54, 1.807) is 12.1 Å². The third kappa shape index (κ3) is 4.34. The molecule has 0 saturated heterocycles. The van der Waals surface area contributed by atoms with Gasteiger partial charge >= 0.3 is 5.97 Å². The molecule has 0 aliphatic heterocycles. The molecule has 1 N–H and O–H groups in total. The zero-order chi connectivity index (χ0) is 12.0. The number of ether oxygens (including phenoxy) is 1. The highest BCUT2D eigenvalue weighted by molar-refractivity contribution is 5.70. The van der Waals surface area contributed by atoms with Gasteiger partial charge in [-0.1, -0.05) is 32.4 Å². The van der Waals surface area contributed by atoms with Gasteiger partial charge in [0, 0.05) is 0 Å². The van der Waals surface area contributed by atoms with Crippen LogP contribution in [0.1, 0.15) is 25.8 Å². The second-order valence-electron chi connectivity index (χ2n) is 4.04. The fraction of sp³-hybridized carbons (Fsp3) is 0.462. The van der Waals surface area contributed by atoms with Crippen LogP contribution in [0.25, 0.3) is 0 Å². The molecule has 1 atom stereocenters. The maximum atomic E-state index is 10.6. The third-order valence-corrected chi connectivity index (χ3v) is 2.49. The van der Waals surface area contributed by atoms with Gasteiger partial charge in [-0.25, -0.2) is 0 Å². The molecule has 0 heterocycles. The van der Waals surface area contributed by atoms with Crippen molar-refractivity contribution in [3.05, 3.63) is 29.8 Å². The first-order valence-electron chi connectivity index (χ1n) is 5.55. The van der Waals surface area contributed by atoms with E-state index in [1.807, 2.05) is 12.1 Å². The number of aliphatic carboxylic acids is 1. The average molecular weight is 222 g/mol. The van der Waals surface area contributed by atoms with Crippen molar-refractivity contribution in [1.29, 1.82) is 0 Å². The zero-order valence-corrected chi connectivity index (χ0v) is 9.77. The Morgan fingerprint density at radius 3 is 2.88 bits per heavy atom. The van der Waals surface area contributed by atoms with E-state index in [9.17, 15) is 4.79 Å². The summed E-state index contributed by atoms with van der Waals surface area (Å²) in [5.41, 5.74) is 0.772. The number of carbonyl (C=O) groups is 1. The van der Waals surface area contributed by atoms with Crippen molar-refractivity contribution in [3.8, 4) is 5.75 Å². The molecule has 0 aliphatic rings. The molecule has 1 rings (SSSR count). The fourth-order valence-electron chi connectivity index (χ4n) is 1.28. The summed E-state index contributed by atoms with van der Waals surface area (Å²) in [6.07, 6.45) is 1.12. The maximum Gasteiger partial charge on any atom is 0.307 e. The molecule has 3 nitrogen and oxygen atoms in total. The van der Waals surface area contributed by atoms with Crippen LogP contribution in [0.15, 0.2) is 24.3 Å². The molecule has 0 fully saturated rings. The quantitative estimate of drug-likeness (QED) is 0.805. The van der Waals surface area contributed by atoms with Gasteiger partial charge in [0.1, 0.15) is 5.75 Å². The predicted octanol–water partition coefficient (Wildman–Crippen LogP) is 2.74. The van der Waals surface area contributed by atoms with E-state index in [0.29, 0.717) is 12.5 Å². The highest BCUT2D eigenvalue weighted by Gasteiger charge is 2.03. The van der Waals surface area contributed by atoms with Crippen LogP contribution >= 0.6 is 0 Å². The summed E-state index contributed by atoms with van der Waals surface area (Å²) in [7, 11) is 0. The van der Waals surface area contributed by atoms with E-state index in [4.69, 9.17) is 9.84 Å². The van der Waals surface area contributed by atoms with Crippen LogP contribution in [-0.4, -0.2) is 17.7 Å². The molecular formula is C13H18O3. The molecule has 0 saturated carbocycles. The summed E-state index contributed by atoms with van der Waals surface area (Å²) in [4.78, 5) is 10.6. The van der Waals surface area contributed by atoms with Crippen LogP contribution in [0.2, 0.25) is 0 Å². The standard InChI is InChI=1S/C13H18O3/c1-3-10(2)9-16-12-6-4-5-11(7-12)8-13(14)15/h4-7,10H,3,8-9H2,1-2H3,(H,14,15). The summed E-state index contributed by atoms with van der Waals surface area (Å²) in [6.45, 7) is 4.92. The van der Waals surface area contributed by atoms with Gasteiger partial charge in [-0.05, 0) is 23.6 Å². The Morgan fingerprint density at radius 2 is 2.25 bits per heavy atom. The Morgan fingerprint density at radius 1 is 1.50 bits per heavy atom. The first-order valence-corrected chi connectivity index (χ1v) is 5.55. The van der Waals surface area contributed by atoms with Crippen molar-refractivity contribution in [3.63, 3.8) is 0 Å². The Balaban J connectivity index is 2.56. The summed E-state index contributed by atoms with van der Waals surface area (Å²) < 4.78 is 5.59. The van der Waals surface area contributed by atoms with E-state index in [0.717, 1.165) is 17.7 Å². The van der Waals surface area contributed by atoms with Gasteiger partial charge in [-0.3, -0.25) is 4.79 Å². The van der Waals surface area contributed by atoms with Crippen LogP contribution in [-0.2, 0) is 11.2 Å². The van der Waals surface area contributed by atoms with Crippen molar-refractivity contribution in [2.45, 2.75) is 26.7 Å². The molecular weight excluding hydrogens is 204 g/mol. The highest BCUT2D eigenvalue weighted by Crippen LogP contribution is 2.15. The molecule has 16 heavy (non-hydrogen) atoms. The Bertz CT molecular complexity index is 347. The second-order valence-corrected chi connectivity index (χ2v) is 4.04.